The molecule has 0 amide bonds. The Morgan fingerprint density at radius 1 is 0.742 bits per heavy atom. The average Bonchev–Trinajstić information content (AvgIpc) is 2.81. The summed E-state index contributed by atoms with van der Waals surface area (Å²) in [4.78, 5) is 14.1. The third-order valence-corrected chi connectivity index (χ3v) is 5.99. The first-order chi connectivity index (χ1) is 15.2. The number of hydrogen-bond acceptors (Lipinski definition) is 3. The molecule has 31 heavy (non-hydrogen) atoms. The summed E-state index contributed by atoms with van der Waals surface area (Å²) >= 11 is 1.63. The van der Waals surface area contributed by atoms with Crippen LogP contribution in [0, 0.1) is 0 Å². The lowest BCUT2D eigenvalue weighted by molar-refractivity contribution is -0.145. The van der Waals surface area contributed by atoms with E-state index in [2.05, 4.69) is 0 Å². The lowest BCUT2D eigenvalue weighted by Crippen LogP contribution is -2.29. The van der Waals surface area contributed by atoms with Gasteiger partial charge in [0.05, 0.1) is 0 Å². The first kappa shape index (κ1) is 20.8. The number of carboxylic acids is 1. The molecule has 4 aromatic rings. The van der Waals surface area contributed by atoms with Crippen molar-refractivity contribution in [3.63, 3.8) is 0 Å². The molecule has 0 radical (unpaired) electrons. The summed E-state index contributed by atoms with van der Waals surface area (Å²) in [5.41, 5.74) is 3.12. The van der Waals surface area contributed by atoms with Crippen LogP contribution in [-0.2, 0) is 11.2 Å². The molecule has 0 saturated carbocycles. The Balaban J connectivity index is 1.50. The van der Waals surface area contributed by atoms with Crippen LogP contribution in [0.3, 0.4) is 0 Å². The van der Waals surface area contributed by atoms with E-state index in [9.17, 15) is 9.90 Å². The fourth-order valence-corrected chi connectivity index (χ4v) is 4.26. The van der Waals surface area contributed by atoms with Gasteiger partial charge in [-0.05, 0) is 47.0 Å². The highest BCUT2D eigenvalue weighted by molar-refractivity contribution is 7.99. The molecule has 0 aliphatic heterocycles. The third-order valence-electron chi connectivity index (χ3n) is 4.86. The van der Waals surface area contributed by atoms with Gasteiger partial charge in [-0.25, -0.2) is 4.79 Å². The van der Waals surface area contributed by atoms with Crippen LogP contribution in [0.1, 0.15) is 5.56 Å². The van der Waals surface area contributed by atoms with E-state index in [0.717, 1.165) is 26.5 Å². The minimum atomic E-state index is -0.980. The number of hydrogen-bond donors (Lipinski definition) is 1. The van der Waals surface area contributed by atoms with Crippen LogP contribution in [-0.4, -0.2) is 17.2 Å². The summed E-state index contributed by atoms with van der Waals surface area (Å²) in [7, 11) is 0. The second-order valence-electron chi connectivity index (χ2n) is 7.06. The molecule has 3 nitrogen and oxygen atoms in total. The summed E-state index contributed by atoms with van der Waals surface area (Å²) in [5.74, 6) is -0.438. The Morgan fingerprint density at radius 3 is 2.00 bits per heavy atom. The van der Waals surface area contributed by atoms with Crippen LogP contribution in [0.15, 0.2) is 119 Å². The summed E-state index contributed by atoms with van der Waals surface area (Å²) < 4.78 is 5.87. The van der Waals surface area contributed by atoms with Crippen molar-refractivity contribution in [2.24, 2.45) is 0 Å². The van der Waals surface area contributed by atoms with Gasteiger partial charge in [0, 0.05) is 16.2 Å². The van der Waals surface area contributed by atoms with Gasteiger partial charge >= 0.3 is 5.97 Å². The first-order valence-corrected chi connectivity index (χ1v) is 10.9. The van der Waals surface area contributed by atoms with Gasteiger partial charge in [0.1, 0.15) is 5.75 Å². The number of ether oxygens (including phenoxy) is 1. The normalized spacial score (nSPS) is 11.6. The number of carboxylic acid groups (broad SMARTS) is 1. The Labute approximate surface area is 186 Å². The van der Waals surface area contributed by atoms with E-state index in [1.54, 1.807) is 11.8 Å². The molecule has 0 fully saturated rings. The van der Waals surface area contributed by atoms with Crippen LogP contribution in [0.25, 0.3) is 11.1 Å². The van der Waals surface area contributed by atoms with Gasteiger partial charge in [0.15, 0.2) is 6.10 Å². The molecule has 4 heteroatoms. The molecule has 4 rings (SSSR count). The number of benzene rings is 4. The van der Waals surface area contributed by atoms with E-state index in [1.807, 2.05) is 109 Å². The fourth-order valence-electron chi connectivity index (χ4n) is 3.29. The molecular weight excluding hydrogens is 404 g/mol. The molecule has 0 bridgehead atoms. The minimum Gasteiger partial charge on any atom is -0.478 e. The summed E-state index contributed by atoms with van der Waals surface area (Å²) in [6, 6.07) is 35.5. The molecule has 0 unspecified atom stereocenters. The molecule has 0 saturated heterocycles. The Kier molecular flexibility index (Phi) is 6.70. The summed E-state index contributed by atoms with van der Waals surface area (Å²) in [6.07, 6.45) is -0.689. The first-order valence-electron chi connectivity index (χ1n) is 10.0. The smallest absolute Gasteiger partial charge is 0.345 e. The molecule has 0 spiro atoms. The molecular formula is C27H22O3S. The van der Waals surface area contributed by atoms with Gasteiger partial charge < -0.3 is 9.84 Å². The quantitative estimate of drug-likeness (QED) is 0.346. The van der Waals surface area contributed by atoms with Gasteiger partial charge in [-0.1, -0.05) is 90.6 Å². The van der Waals surface area contributed by atoms with Crippen molar-refractivity contribution in [2.75, 3.05) is 0 Å². The summed E-state index contributed by atoms with van der Waals surface area (Å²) in [6.45, 7) is 0. The van der Waals surface area contributed by atoms with Gasteiger partial charge in [0.25, 0.3) is 0 Å². The van der Waals surface area contributed by atoms with Crippen molar-refractivity contribution in [1.82, 2.24) is 0 Å². The molecule has 0 aliphatic rings. The Hall–Kier alpha value is -3.50. The highest BCUT2D eigenvalue weighted by atomic mass is 32.2. The molecule has 1 N–H and O–H groups in total. The van der Waals surface area contributed by atoms with Crippen LogP contribution >= 0.6 is 11.8 Å². The van der Waals surface area contributed by atoms with E-state index >= 15 is 0 Å². The molecule has 0 aromatic heterocycles. The SMILES string of the molecule is O=C(O)[C@@H](Cc1ccccc1Sc1ccccc1)Oc1ccc(-c2ccccc2)cc1. The van der Waals surface area contributed by atoms with E-state index < -0.39 is 12.1 Å². The highest BCUT2D eigenvalue weighted by Crippen LogP contribution is 2.31. The van der Waals surface area contributed by atoms with Crippen LogP contribution in [0.2, 0.25) is 0 Å². The number of carbonyl (C=O) groups is 1. The Morgan fingerprint density at radius 2 is 1.32 bits per heavy atom. The third kappa shape index (κ3) is 5.56. The largest absolute Gasteiger partial charge is 0.478 e. The number of aliphatic carboxylic acids is 1. The van der Waals surface area contributed by atoms with E-state index in [0.29, 0.717) is 5.75 Å². The van der Waals surface area contributed by atoms with E-state index in [4.69, 9.17) is 4.74 Å². The lowest BCUT2D eigenvalue weighted by Gasteiger charge is -2.17. The van der Waals surface area contributed by atoms with Crippen LogP contribution in [0.5, 0.6) is 5.75 Å². The van der Waals surface area contributed by atoms with E-state index in [1.165, 1.54) is 0 Å². The molecule has 154 valence electrons. The fraction of sp³-hybridized carbons (Fsp3) is 0.0741. The monoisotopic (exact) mass is 426 g/mol. The van der Waals surface area contributed by atoms with Crippen molar-refractivity contribution in [2.45, 2.75) is 22.3 Å². The molecule has 0 aliphatic carbocycles. The van der Waals surface area contributed by atoms with Gasteiger partial charge in [0.2, 0.25) is 0 Å². The van der Waals surface area contributed by atoms with Crippen LogP contribution < -0.4 is 4.74 Å². The lowest BCUT2D eigenvalue weighted by atomic mass is 10.1. The molecule has 4 aromatic carbocycles. The topological polar surface area (TPSA) is 46.5 Å². The Bertz CT molecular complexity index is 1130. The van der Waals surface area contributed by atoms with Crippen molar-refractivity contribution in [3.8, 4) is 16.9 Å². The predicted molar refractivity (Wildman–Crippen MR) is 125 cm³/mol. The maximum atomic E-state index is 11.9. The van der Waals surface area contributed by atoms with Crippen molar-refractivity contribution >= 4 is 17.7 Å². The minimum absolute atomic E-state index is 0.284. The second-order valence-corrected chi connectivity index (χ2v) is 8.18. The van der Waals surface area contributed by atoms with Crippen molar-refractivity contribution in [1.29, 1.82) is 0 Å². The zero-order valence-corrected chi connectivity index (χ0v) is 17.7. The maximum Gasteiger partial charge on any atom is 0.345 e. The zero-order chi connectivity index (χ0) is 21.5. The summed E-state index contributed by atoms with van der Waals surface area (Å²) in [5, 5.41) is 9.78. The molecule has 0 heterocycles. The maximum absolute atomic E-state index is 11.9. The van der Waals surface area contributed by atoms with Crippen molar-refractivity contribution in [3.05, 3.63) is 115 Å². The van der Waals surface area contributed by atoms with Gasteiger partial charge in [-0.2, -0.15) is 0 Å². The zero-order valence-electron chi connectivity index (χ0n) is 16.8. The molecule has 1 atom stereocenters. The van der Waals surface area contributed by atoms with E-state index in [-0.39, 0.29) is 6.42 Å². The predicted octanol–water partition coefficient (Wildman–Crippen LogP) is 6.58. The standard InChI is InChI=1S/C27H22O3S/c28-27(29)25(30-23-17-15-21(16-18-23)20-9-3-1-4-10-20)19-22-11-7-8-14-26(22)31-24-12-5-2-6-13-24/h1-18,25H,19H2,(H,28,29)/t25-/m1/s1. The average molecular weight is 427 g/mol. The van der Waals surface area contributed by atoms with Gasteiger partial charge in [-0.15, -0.1) is 0 Å². The van der Waals surface area contributed by atoms with Crippen molar-refractivity contribution < 1.29 is 14.6 Å². The second kappa shape index (κ2) is 10.0. The number of rotatable bonds is 8. The van der Waals surface area contributed by atoms with Gasteiger partial charge in [-0.3, -0.25) is 0 Å². The highest BCUT2D eigenvalue weighted by Gasteiger charge is 2.22. The van der Waals surface area contributed by atoms with Crippen LogP contribution in [0.4, 0.5) is 0 Å².